The molecule has 2 amide bonds. The summed E-state index contributed by atoms with van der Waals surface area (Å²) >= 11 is 0. The monoisotopic (exact) mass is 376 g/mol. The number of rotatable bonds is 4. The average Bonchev–Trinajstić information content (AvgIpc) is 2.52. The van der Waals surface area contributed by atoms with Gasteiger partial charge in [-0.2, -0.15) is 0 Å². The van der Waals surface area contributed by atoms with Crippen LogP contribution >= 0.6 is 0 Å². The van der Waals surface area contributed by atoms with E-state index in [1.54, 1.807) is 23.1 Å². The minimum atomic E-state index is -3.38. The van der Waals surface area contributed by atoms with Crippen LogP contribution in [-0.4, -0.2) is 39.2 Å². The maximum Gasteiger partial charge on any atom is 0.321 e. The Kier molecular flexibility index (Phi) is 4.29. The number of nitrogens with zero attached hydrogens (tertiary/aromatic N) is 1. The fourth-order valence-electron chi connectivity index (χ4n) is 6.16. The lowest BCUT2D eigenvalue weighted by Crippen LogP contribution is -2.52. The van der Waals surface area contributed by atoms with E-state index < -0.39 is 9.84 Å². The van der Waals surface area contributed by atoms with Gasteiger partial charge in [-0.3, -0.25) is 0 Å². The number of carbonyl (C=O) groups excluding carboxylic acids is 1. The van der Waals surface area contributed by atoms with Crippen LogP contribution in [0.5, 0.6) is 0 Å². The Hall–Kier alpha value is -1.56. The van der Waals surface area contributed by atoms with E-state index in [1.807, 2.05) is 7.05 Å². The smallest absolute Gasteiger partial charge is 0.321 e. The molecule has 4 aliphatic rings. The molecule has 0 unspecified atom stereocenters. The summed E-state index contributed by atoms with van der Waals surface area (Å²) in [6.45, 7) is 0.767. The third kappa shape index (κ3) is 3.36. The van der Waals surface area contributed by atoms with Gasteiger partial charge >= 0.3 is 6.03 Å². The standard InChI is InChI=1S/C20H28N2O3S/c1-22(13-20-10-14-7-15(11-20)9-16(8-14)12-20)19(23)21-17-5-3-4-6-18(17)26(2,24)25/h3-6,14-16H,7-13H2,1-2H3,(H,21,23). The van der Waals surface area contributed by atoms with Crippen molar-refractivity contribution in [2.24, 2.45) is 23.2 Å². The second-order valence-corrected chi connectivity index (χ2v) is 11.0. The predicted octanol–water partition coefficient (Wildman–Crippen LogP) is 3.77. The lowest BCUT2D eigenvalue weighted by Gasteiger charge is -2.57. The first-order chi connectivity index (χ1) is 12.2. The predicted molar refractivity (Wildman–Crippen MR) is 102 cm³/mol. The summed E-state index contributed by atoms with van der Waals surface area (Å²) in [5.74, 6) is 2.55. The molecule has 5 nitrogen and oxygen atoms in total. The highest BCUT2D eigenvalue weighted by Gasteiger charge is 2.51. The molecule has 4 bridgehead atoms. The van der Waals surface area contributed by atoms with E-state index in [0.29, 0.717) is 5.69 Å². The zero-order valence-corrected chi connectivity index (χ0v) is 16.4. The molecule has 4 fully saturated rings. The van der Waals surface area contributed by atoms with Crippen LogP contribution in [-0.2, 0) is 9.84 Å². The molecule has 142 valence electrons. The van der Waals surface area contributed by atoms with E-state index in [4.69, 9.17) is 0 Å². The van der Waals surface area contributed by atoms with Crippen molar-refractivity contribution in [3.63, 3.8) is 0 Å². The number of benzene rings is 1. The summed E-state index contributed by atoms with van der Waals surface area (Å²) in [5, 5.41) is 2.81. The van der Waals surface area contributed by atoms with Gasteiger partial charge in [0.15, 0.2) is 9.84 Å². The first-order valence-electron chi connectivity index (χ1n) is 9.55. The maximum atomic E-state index is 12.7. The number of anilines is 1. The lowest BCUT2D eigenvalue weighted by atomic mass is 9.49. The number of para-hydroxylation sites is 1. The molecule has 0 saturated heterocycles. The van der Waals surface area contributed by atoms with Gasteiger partial charge in [0.25, 0.3) is 0 Å². The van der Waals surface area contributed by atoms with Crippen LogP contribution in [0.4, 0.5) is 10.5 Å². The van der Waals surface area contributed by atoms with Gasteiger partial charge in [0.2, 0.25) is 0 Å². The zero-order valence-electron chi connectivity index (χ0n) is 15.6. The number of sulfone groups is 1. The number of carbonyl (C=O) groups is 1. The quantitative estimate of drug-likeness (QED) is 0.870. The molecule has 0 radical (unpaired) electrons. The van der Waals surface area contributed by atoms with E-state index >= 15 is 0 Å². The average molecular weight is 377 g/mol. The van der Waals surface area contributed by atoms with Crippen molar-refractivity contribution in [1.29, 1.82) is 0 Å². The number of hydrogen-bond donors (Lipinski definition) is 1. The molecule has 6 heteroatoms. The molecular formula is C20H28N2O3S. The van der Waals surface area contributed by atoms with Gasteiger partial charge in [-0.25, -0.2) is 13.2 Å². The Balaban J connectivity index is 1.46. The van der Waals surface area contributed by atoms with Crippen LogP contribution in [0.2, 0.25) is 0 Å². The highest BCUT2D eigenvalue weighted by atomic mass is 32.2. The van der Waals surface area contributed by atoms with Crippen molar-refractivity contribution in [3.05, 3.63) is 24.3 Å². The topological polar surface area (TPSA) is 66.5 Å². The highest BCUT2D eigenvalue weighted by molar-refractivity contribution is 7.90. The molecule has 4 saturated carbocycles. The van der Waals surface area contributed by atoms with Crippen LogP contribution in [0.1, 0.15) is 38.5 Å². The van der Waals surface area contributed by atoms with Crippen LogP contribution in [0.3, 0.4) is 0 Å². The van der Waals surface area contributed by atoms with Gasteiger partial charge in [-0.15, -0.1) is 0 Å². The van der Waals surface area contributed by atoms with Crippen molar-refractivity contribution < 1.29 is 13.2 Å². The molecule has 1 N–H and O–H groups in total. The summed E-state index contributed by atoms with van der Waals surface area (Å²) in [4.78, 5) is 14.7. The summed E-state index contributed by atoms with van der Waals surface area (Å²) in [5.41, 5.74) is 0.634. The Morgan fingerprint density at radius 3 is 2.19 bits per heavy atom. The van der Waals surface area contributed by atoms with Crippen LogP contribution < -0.4 is 5.32 Å². The van der Waals surface area contributed by atoms with Crippen molar-refractivity contribution in [3.8, 4) is 0 Å². The first-order valence-corrected chi connectivity index (χ1v) is 11.4. The lowest BCUT2D eigenvalue weighted by molar-refractivity contribution is -0.0611. The Labute approximate surface area is 156 Å². The molecule has 0 spiro atoms. The SMILES string of the molecule is CN(CC12CC3CC(CC(C3)C1)C2)C(=O)Nc1ccccc1S(C)(=O)=O. The molecule has 0 aromatic heterocycles. The number of hydrogen-bond acceptors (Lipinski definition) is 3. The van der Waals surface area contributed by atoms with E-state index in [-0.39, 0.29) is 16.3 Å². The molecule has 0 heterocycles. The molecule has 26 heavy (non-hydrogen) atoms. The molecule has 0 atom stereocenters. The maximum absolute atomic E-state index is 12.7. The summed E-state index contributed by atoms with van der Waals surface area (Å²) < 4.78 is 23.9. The van der Waals surface area contributed by atoms with Gasteiger partial charge in [-0.1, -0.05) is 12.1 Å². The number of nitrogens with one attached hydrogen (secondary N) is 1. The zero-order chi connectivity index (χ0) is 18.5. The molecule has 4 aliphatic carbocycles. The van der Waals surface area contributed by atoms with Gasteiger partial charge in [0.1, 0.15) is 0 Å². The van der Waals surface area contributed by atoms with E-state index in [0.717, 1.165) is 30.6 Å². The second-order valence-electron chi connectivity index (χ2n) is 8.97. The summed E-state index contributed by atoms with van der Waals surface area (Å²) in [6, 6.07) is 6.36. The number of urea groups is 1. The third-order valence-corrected chi connectivity index (χ3v) is 7.77. The summed E-state index contributed by atoms with van der Waals surface area (Å²) in [6.07, 6.45) is 9.06. The third-order valence-electron chi connectivity index (χ3n) is 6.61. The van der Waals surface area contributed by atoms with E-state index in [2.05, 4.69) is 5.32 Å². The first kappa shape index (κ1) is 17.8. The second kappa shape index (κ2) is 6.25. The number of amides is 2. The highest BCUT2D eigenvalue weighted by Crippen LogP contribution is 2.60. The van der Waals surface area contributed by atoms with Crippen LogP contribution in [0.25, 0.3) is 0 Å². The molecule has 0 aliphatic heterocycles. The van der Waals surface area contributed by atoms with Crippen molar-refractivity contribution in [2.75, 3.05) is 25.2 Å². The normalized spacial score (nSPS) is 32.5. The molecule has 1 aromatic carbocycles. The van der Waals surface area contributed by atoms with Gasteiger partial charge in [0, 0.05) is 19.8 Å². The molecule has 5 rings (SSSR count). The van der Waals surface area contributed by atoms with Crippen molar-refractivity contribution in [2.45, 2.75) is 43.4 Å². The van der Waals surface area contributed by atoms with Gasteiger partial charge in [0.05, 0.1) is 10.6 Å². The molecule has 1 aromatic rings. The van der Waals surface area contributed by atoms with Gasteiger partial charge < -0.3 is 10.2 Å². The van der Waals surface area contributed by atoms with Crippen molar-refractivity contribution in [1.82, 2.24) is 4.90 Å². The van der Waals surface area contributed by atoms with Crippen LogP contribution in [0.15, 0.2) is 29.2 Å². The van der Waals surface area contributed by atoms with E-state index in [1.165, 1.54) is 44.6 Å². The Bertz CT molecular complexity index is 783. The Morgan fingerprint density at radius 2 is 1.65 bits per heavy atom. The van der Waals surface area contributed by atoms with Crippen molar-refractivity contribution >= 4 is 21.6 Å². The fraction of sp³-hybridized carbons (Fsp3) is 0.650. The minimum Gasteiger partial charge on any atom is -0.327 e. The van der Waals surface area contributed by atoms with Gasteiger partial charge in [-0.05, 0) is 73.8 Å². The fourth-order valence-corrected chi connectivity index (χ4v) is 7.01. The minimum absolute atomic E-state index is 0.163. The Morgan fingerprint density at radius 1 is 1.12 bits per heavy atom. The largest absolute Gasteiger partial charge is 0.327 e. The molecular weight excluding hydrogens is 348 g/mol. The van der Waals surface area contributed by atoms with E-state index in [9.17, 15) is 13.2 Å². The summed E-state index contributed by atoms with van der Waals surface area (Å²) in [7, 11) is -1.55. The van der Waals surface area contributed by atoms with Crippen LogP contribution in [0, 0.1) is 23.2 Å².